The molecular formula is C10H14N2O3. The van der Waals surface area contributed by atoms with Gasteiger partial charge in [-0.1, -0.05) is 0 Å². The SMILES string of the molecule is COc1ncc(C(CN)C(=O)O)cc1C. The molecule has 0 bridgehead atoms. The first-order chi connectivity index (χ1) is 7.10. The van der Waals surface area contributed by atoms with Gasteiger partial charge in [0.2, 0.25) is 5.88 Å². The number of methoxy groups -OCH3 is 1. The number of aliphatic carboxylic acids is 1. The van der Waals surface area contributed by atoms with E-state index >= 15 is 0 Å². The minimum atomic E-state index is -0.941. The minimum absolute atomic E-state index is 0.0583. The first kappa shape index (κ1) is 11.5. The second kappa shape index (κ2) is 4.75. The fourth-order valence-electron chi connectivity index (χ4n) is 1.37. The number of pyridine rings is 1. The molecule has 5 heteroatoms. The van der Waals surface area contributed by atoms with Gasteiger partial charge in [-0.3, -0.25) is 4.79 Å². The Morgan fingerprint density at radius 2 is 2.40 bits per heavy atom. The summed E-state index contributed by atoms with van der Waals surface area (Å²) < 4.78 is 4.98. The highest BCUT2D eigenvalue weighted by molar-refractivity contribution is 5.76. The molecule has 3 N–H and O–H groups in total. The lowest BCUT2D eigenvalue weighted by atomic mass is 10.0. The first-order valence-corrected chi connectivity index (χ1v) is 4.53. The second-order valence-electron chi connectivity index (χ2n) is 3.22. The van der Waals surface area contributed by atoms with Gasteiger partial charge in [0.15, 0.2) is 0 Å². The van der Waals surface area contributed by atoms with Gasteiger partial charge in [-0.05, 0) is 18.6 Å². The highest BCUT2D eigenvalue weighted by atomic mass is 16.5. The van der Waals surface area contributed by atoms with Gasteiger partial charge < -0.3 is 15.6 Å². The van der Waals surface area contributed by atoms with Crippen molar-refractivity contribution < 1.29 is 14.6 Å². The largest absolute Gasteiger partial charge is 0.481 e. The first-order valence-electron chi connectivity index (χ1n) is 4.53. The van der Waals surface area contributed by atoms with Crippen molar-refractivity contribution in [2.75, 3.05) is 13.7 Å². The molecule has 1 aromatic rings. The van der Waals surface area contributed by atoms with Crippen LogP contribution in [0.3, 0.4) is 0 Å². The molecule has 1 rings (SSSR count). The number of nitrogens with two attached hydrogens (primary N) is 1. The van der Waals surface area contributed by atoms with E-state index in [2.05, 4.69) is 4.98 Å². The van der Waals surface area contributed by atoms with Gasteiger partial charge in [-0.2, -0.15) is 0 Å². The molecule has 1 aromatic heterocycles. The Labute approximate surface area is 87.9 Å². The fourth-order valence-corrected chi connectivity index (χ4v) is 1.37. The summed E-state index contributed by atoms with van der Waals surface area (Å²) in [7, 11) is 1.52. The number of carbonyl (C=O) groups is 1. The maximum atomic E-state index is 10.9. The third-order valence-electron chi connectivity index (χ3n) is 2.18. The van der Waals surface area contributed by atoms with Crippen molar-refractivity contribution in [3.8, 4) is 5.88 Å². The van der Waals surface area contributed by atoms with Crippen molar-refractivity contribution in [2.24, 2.45) is 5.73 Å². The molecule has 1 atom stereocenters. The van der Waals surface area contributed by atoms with E-state index in [1.165, 1.54) is 13.3 Å². The van der Waals surface area contributed by atoms with Crippen LogP contribution in [0.1, 0.15) is 17.0 Å². The maximum absolute atomic E-state index is 10.9. The Balaban J connectivity index is 3.05. The van der Waals surface area contributed by atoms with E-state index in [0.29, 0.717) is 11.4 Å². The summed E-state index contributed by atoms with van der Waals surface area (Å²) in [6, 6.07) is 1.73. The van der Waals surface area contributed by atoms with Crippen molar-refractivity contribution in [1.29, 1.82) is 0 Å². The van der Waals surface area contributed by atoms with Crippen LogP contribution in [-0.2, 0) is 4.79 Å². The van der Waals surface area contributed by atoms with Crippen LogP contribution in [0.5, 0.6) is 5.88 Å². The zero-order valence-corrected chi connectivity index (χ0v) is 8.73. The molecule has 0 spiro atoms. The summed E-state index contributed by atoms with van der Waals surface area (Å²) >= 11 is 0. The molecule has 15 heavy (non-hydrogen) atoms. The molecule has 1 heterocycles. The molecule has 0 radical (unpaired) electrons. The summed E-state index contributed by atoms with van der Waals surface area (Å²) in [6.45, 7) is 1.87. The number of hydrogen-bond donors (Lipinski definition) is 2. The molecule has 0 amide bonds. The number of hydrogen-bond acceptors (Lipinski definition) is 4. The molecule has 1 unspecified atom stereocenters. The summed E-state index contributed by atoms with van der Waals surface area (Å²) in [5, 5.41) is 8.91. The molecular weight excluding hydrogens is 196 g/mol. The smallest absolute Gasteiger partial charge is 0.312 e. The summed E-state index contributed by atoms with van der Waals surface area (Å²) in [6.07, 6.45) is 1.48. The normalized spacial score (nSPS) is 12.2. The second-order valence-corrected chi connectivity index (χ2v) is 3.22. The average Bonchev–Trinajstić information content (AvgIpc) is 2.18. The lowest BCUT2D eigenvalue weighted by Crippen LogP contribution is -2.21. The summed E-state index contributed by atoms with van der Waals surface area (Å²) in [5.74, 6) is -1.15. The van der Waals surface area contributed by atoms with Crippen LogP contribution in [0.25, 0.3) is 0 Å². The van der Waals surface area contributed by atoms with Gasteiger partial charge in [-0.15, -0.1) is 0 Å². The van der Waals surface area contributed by atoms with Crippen molar-refractivity contribution in [3.63, 3.8) is 0 Å². The van der Waals surface area contributed by atoms with Crippen LogP contribution in [-0.4, -0.2) is 29.7 Å². The van der Waals surface area contributed by atoms with Crippen LogP contribution in [0.15, 0.2) is 12.3 Å². The molecule has 0 fully saturated rings. The van der Waals surface area contributed by atoms with Gasteiger partial charge in [0, 0.05) is 18.3 Å². The Bertz CT molecular complexity index is 366. The predicted octanol–water partition coefficient (Wildman–Crippen LogP) is 0.526. The van der Waals surface area contributed by atoms with E-state index in [0.717, 1.165) is 5.56 Å². The highest BCUT2D eigenvalue weighted by Gasteiger charge is 2.19. The predicted molar refractivity (Wildman–Crippen MR) is 55.0 cm³/mol. The lowest BCUT2D eigenvalue weighted by molar-refractivity contribution is -0.138. The zero-order valence-electron chi connectivity index (χ0n) is 8.73. The molecule has 0 aliphatic heterocycles. The van der Waals surface area contributed by atoms with E-state index in [4.69, 9.17) is 15.6 Å². The standard InChI is InChI=1S/C10H14N2O3/c1-6-3-7(5-12-9(6)15-2)8(4-11)10(13)14/h3,5,8H,4,11H2,1-2H3,(H,13,14). The fraction of sp³-hybridized carbons (Fsp3) is 0.400. The molecule has 82 valence electrons. The maximum Gasteiger partial charge on any atom is 0.312 e. The Morgan fingerprint density at radius 3 is 2.80 bits per heavy atom. The monoisotopic (exact) mass is 210 g/mol. The minimum Gasteiger partial charge on any atom is -0.481 e. The van der Waals surface area contributed by atoms with Gasteiger partial charge in [0.25, 0.3) is 0 Å². The number of aromatic nitrogens is 1. The van der Waals surface area contributed by atoms with Crippen LogP contribution in [0, 0.1) is 6.92 Å². The third kappa shape index (κ3) is 2.44. The molecule has 0 saturated carbocycles. The van der Waals surface area contributed by atoms with E-state index in [1.807, 2.05) is 6.92 Å². The van der Waals surface area contributed by atoms with Gasteiger partial charge in [0.05, 0.1) is 13.0 Å². The number of ether oxygens (including phenoxy) is 1. The van der Waals surface area contributed by atoms with Crippen LogP contribution in [0.4, 0.5) is 0 Å². The van der Waals surface area contributed by atoms with E-state index in [1.54, 1.807) is 6.07 Å². The van der Waals surface area contributed by atoms with E-state index in [-0.39, 0.29) is 6.54 Å². The topological polar surface area (TPSA) is 85.4 Å². The highest BCUT2D eigenvalue weighted by Crippen LogP contribution is 2.20. The Hall–Kier alpha value is -1.62. The Kier molecular flexibility index (Phi) is 3.62. The quantitative estimate of drug-likeness (QED) is 0.757. The van der Waals surface area contributed by atoms with Crippen molar-refractivity contribution in [1.82, 2.24) is 4.98 Å². The van der Waals surface area contributed by atoms with Crippen LogP contribution < -0.4 is 10.5 Å². The van der Waals surface area contributed by atoms with E-state index in [9.17, 15) is 4.79 Å². The molecule has 0 aliphatic carbocycles. The molecule has 0 aromatic carbocycles. The van der Waals surface area contributed by atoms with Gasteiger partial charge >= 0.3 is 5.97 Å². The lowest BCUT2D eigenvalue weighted by Gasteiger charge is -2.11. The molecule has 0 aliphatic rings. The molecule has 5 nitrogen and oxygen atoms in total. The van der Waals surface area contributed by atoms with E-state index < -0.39 is 11.9 Å². The number of nitrogens with zero attached hydrogens (tertiary/aromatic N) is 1. The summed E-state index contributed by atoms with van der Waals surface area (Å²) in [4.78, 5) is 14.9. The van der Waals surface area contributed by atoms with Crippen molar-refractivity contribution >= 4 is 5.97 Å². The number of carboxylic acid groups (broad SMARTS) is 1. The average molecular weight is 210 g/mol. The number of rotatable bonds is 4. The number of carboxylic acids is 1. The van der Waals surface area contributed by atoms with Crippen molar-refractivity contribution in [3.05, 3.63) is 23.4 Å². The Morgan fingerprint density at radius 1 is 1.73 bits per heavy atom. The summed E-state index contributed by atoms with van der Waals surface area (Å²) in [5.41, 5.74) is 6.79. The zero-order chi connectivity index (χ0) is 11.4. The number of aryl methyl sites for hydroxylation is 1. The third-order valence-corrected chi connectivity index (χ3v) is 2.18. The van der Waals surface area contributed by atoms with Crippen molar-refractivity contribution in [2.45, 2.75) is 12.8 Å². The van der Waals surface area contributed by atoms with Crippen LogP contribution in [0.2, 0.25) is 0 Å². The molecule has 0 saturated heterocycles. The van der Waals surface area contributed by atoms with Crippen LogP contribution >= 0.6 is 0 Å². The van der Waals surface area contributed by atoms with Gasteiger partial charge in [0.1, 0.15) is 0 Å². The van der Waals surface area contributed by atoms with Gasteiger partial charge in [-0.25, -0.2) is 4.98 Å².